The third-order valence-corrected chi connectivity index (χ3v) is 4.33. The van der Waals surface area contributed by atoms with E-state index in [4.69, 9.17) is 21.3 Å². The first kappa shape index (κ1) is 12.7. The third-order valence-electron chi connectivity index (χ3n) is 3.90. The number of nitrogens with zero attached hydrogens (tertiary/aromatic N) is 1. The third kappa shape index (κ3) is 2.42. The number of benzene rings is 1. The average Bonchev–Trinajstić information content (AvgIpc) is 2.40. The lowest BCUT2D eigenvalue weighted by atomic mass is 9.96. The van der Waals surface area contributed by atoms with Crippen molar-refractivity contribution in [1.82, 2.24) is 4.98 Å². The van der Waals surface area contributed by atoms with Crippen LogP contribution >= 0.6 is 11.6 Å². The number of hydrogen-bond acceptors (Lipinski definition) is 2. The fraction of sp³-hybridized carbons (Fsp3) is 0.438. The van der Waals surface area contributed by atoms with E-state index in [0.29, 0.717) is 0 Å². The number of rotatable bonds is 1. The quantitative estimate of drug-likeness (QED) is 0.761. The maximum atomic E-state index is 6.60. The second-order valence-electron chi connectivity index (χ2n) is 5.15. The van der Waals surface area contributed by atoms with Crippen LogP contribution in [0.1, 0.15) is 36.9 Å². The lowest BCUT2D eigenvalue weighted by Crippen LogP contribution is -2.04. The lowest BCUT2D eigenvalue weighted by Gasteiger charge is -2.16. The zero-order valence-corrected chi connectivity index (χ0v) is 12.0. The van der Waals surface area contributed by atoms with Gasteiger partial charge in [-0.15, -0.1) is 0 Å². The molecule has 0 aliphatic heterocycles. The Hall–Kier alpha value is -1.28. The van der Waals surface area contributed by atoms with Gasteiger partial charge in [-0.2, -0.15) is 0 Å². The van der Waals surface area contributed by atoms with Crippen molar-refractivity contribution < 1.29 is 4.74 Å². The van der Waals surface area contributed by atoms with Gasteiger partial charge in [0, 0.05) is 17.1 Å². The molecular formula is C16H18ClNO. The standard InChI is InChI=1S/C16H18ClNO/c1-19-11-8-9-13-15(10-11)18-14-7-5-3-2-4-6-12(14)16(13)17/h8-10H,2-7H2,1H3. The van der Waals surface area contributed by atoms with Gasteiger partial charge in [0.15, 0.2) is 0 Å². The average molecular weight is 276 g/mol. The molecule has 0 N–H and O–H groups in total. The summed E-state index contributed by atoms with van der Waals surface area (Å²) >= 11 is 6.60. The number of pyridine rings is 1. The van der Waals surface area contributed by atoms with Gasteiger partial charge in [0.25, 0.3) is 0 Å². The van der Waals surface area contributed by atoms with Gasteiger partial charge in [0.1, 0.15) is 5.75 Å². The Labute approximate surface area is 118 Å². The molecule has 0 saturated heterocycles. The molecule has 1 heterocycles. The van der Waals surface area contributed by atoms with Crippen LogP contribution in [-0.4, -0.2) is 12.1 Å². The van der Waals surface area contributed by atoms with E-state index in [1.54, 1.807) is 7.11 Å². The predicted molar refractivity (Wildman–Crippen MR) is 79.2 cm³/mol. The number of aryl methyl sites for hydroxylation is 1. The number of hydrogen-bond donors (Lipinski definition) is 0. The summed E-state index contributed by atoms with van der Waals surface area (Å²) in [6.07, 6.45) is 7.14. The molecule has 2 aromatic rings. The lowest BCUT2D eigenvalue weighted by molar-refractivity contribution is 0.415. The van der Waals surface area contributed by atoms with Crippen molar-refractivity contribution in [2.45, 2.75) is 38.5 Å². The predicted octanol–water partition coefficient (Wildman–Crippen LogP) is 4.56. The van der Waals surface area contributed by atoms with E-state index in [-0.39, 0.29) is 0 Å². The molecule has 1 aliphatic rings. The number of fused-ring (bicyclic) bond motifs is 2. The van der Waals surface area contributed by atoms with Crippen LogP contribution in [0, 0.1) is 0 Å². The second kappa shape index (κ2) is 5.38. The summed E-state index contributed by atoms with van der Waals surface area (Å²) in [4.78, 5) is 4.82. The highest BCUT2D eigenvalue weighted by molar-refractivity contribution is 6.36. The molecule has 1 aliphatic carbocycles. The van der Waals surface area contributed by atoms with Crippen LogP contribution < -0.4 is 4.74 Å². The van der Waals surface area contributed by atoms with E-state index in [9.17, 15) is 0 Å². The zero-order chi connectivity index (χ0) is 13.2. The zero-order valence-electron chi connectivity index (χ0n) is 11.2. The molecule has 1 aromatic carbocycles. The van der Waals surface area contributed by atoms with Crippen LogP contribution in [0.3, 0.4) is 0 Å². The van der Waals surface area contributed by atoms with Crippen molar-refractivity contribution in [2.75, 3.05) is 7.11 Å². The van der Waals surface area contributed by atoms with Gasteiger partial charge in [-0.05, 0) is 43.4 Å². The van der Waals surface area contributed by atoms with Crippen molar-refractivity contribution >= 4 is 22.5 Å². The Balaban J connectivity index is 2.18. The summed E-state index contributed by atoms with van der Waals surface area (Å²) in [5, 5.41) is 1.94. The van der Waals surface area contributed by atoms with E-state index in [1.165, 1.54) is 36.9 Å². The monoisotopic (exact) mass is 275 g/mol. The number of halogens is 1. The van der Waals surface area contributed by atoms with Gasteiger partial charge in [0.2, 0.25) is 0 Å². The fourth-order valence-electron chi connectivity index (χ4n) is 2.83. The van der Waals surface area contributed by atoms with Crippen LogP contribution in [0.4, 0.5) is 0 Å². The van der Waals surface area contributed by atoms with Crippen molar-refractivity contribution in [3.63, 3.8) is 0 Å². The minimum absolute atomic E-state index is 0.835. The highest BCUT2D eigenvalue weighted by atomic mass is 35.5. The van der Waals surface area contributed by atoms with E-state index in [1.807, 2.05) is 18.2 Å². The Kier molecular flexibility index (Phi) is 3.61. The fourth-order valence-corrected chi connectivity index (χ4v) is 3.19. The van der Waals surface area contributed by atoms with Crippen molar-refractivity contribution in [1.29, 1.82) is 0 Å². The molecule has 0 amide bonds. The summed E-state index contributed by atoms with van der Waals surface area (Å²) in [5.74, 6) is 0.835. The molecule has 0 unspecified atom stereocenters. The summed E-state index contributed by atoms with van der Waals surface area (Å²) in [6.45, 7) is 0. The molecule has 1 aromatic heterocycles. The first-order chi connectivity index (χ1) is 9.29. The van der Waals surface area contributed by atoms with E-state index >= 15 is 0 Å². The smallest absolute Gasteiger partial charge is 0.121 e. The molecule has 0 saturated carbocycles. The topological polar surface area (TPSA) is 22.1 Å². The maximum absolute atomic E-state index is 6.60. The van der Waals surface area contributed by atoms with Crippen LogP contribution in [0.25, 0.3) is 10.9 Å². The molecule has 0 atom stereocenters. The highest BCUT2D eigenvalue weighted by Gasteiger charge is 2.15. The van der Waals surface area contributed by atoms with Crippen molar-refractivity contribution in [3.05, 3.63) is 34.5 Å². The molecule has 0 radical (unpaired) electrons. The minimum Gasteiger partial charge on any atom is -0.497 e. The van der Waals surface area contributed by atoms with Crippen molar-refractivity contribution in [3.8, 4) is 5.75 Å². The van der Waals surface area contributed by atoms with Gasteiger partial charge in [0.05, 0.1) is 17.6 Å². The van der Waals surface area contributed by atoms with Gasteiger partial charge >= 0.3 is 0 Å². The summed E-state index contributed by atoms with van der Waals surface area (Å²) < 4.78 is 5.27. The summed E-state index contributed by atoms with van der Waals surface area (Å²) in [6, 6.07) is 5.94. The van der Waals surface area contributed by atoms with Crippen LogP contribution in [-0.2, 0) is 12.8 Å². The van der Waals surface area contributed by atoms with Crippen LogP contribution in [0.15, 0.2) is 18.2 Å². The highest BCUT2D eigenvalue weighted by Crippen LogP contribution is 2.33. The number of aromatic nitrogens is 1. The van der Waals surface area contributed by atoms with Gasteiger partial charge in [-0.1, -0.05) is 24.4 Å². The maximum Gasteiger partial charge on any atom is 0.121 e. The molecule has 19 heavy (non-hydrogen) atoms. The van der Waals surface area contributed by atoms with Gasteiger partial charge < -0.3 is 4.74 Å². The first-order valence-corrected chi connectivity index (χ1v) is 7.32. The van der Waals surface area contributed by atoms with E-state index in [2.05, 4.69) is 0 Å². The molecule has 100 valence electrons. The largest absolute Gasteiger partial charge is 0.497 e. The van der Waals surface area contributed by atoms with E-state index in [0.717, 1.165) is 34.5 Å². The van der Waals surface area contributed by atoms with Crippen LogP contribution in [0.5, 0.6) is 5.75 Å². The number of ether oxygens (including phenoxy) is 1. The van der Waals surface area contributed by atoms with E-state index < -0.39 is 0 Å². The summed E-state index contributed by atoms with van der Waals surface area (Å²) in [7, 11) is 1.68. The van der Waals surface area contributed by atoms with Gasteiger partial charge in [-0.25, -0.2) is 0 Å². The normalized spacial score (nSPS) is 15.7. The second-order valence-corrected chi connectivity index (χ2v) is 5.53. The Bertz CT molecular complexity index is 609. The van der Waals surface area contributed by atoms with Gasteiger partial charge in [-0.3, -0.25) is 4.98 Å². The molecular weight excluding hydrogens is 258 g/mol. The molecule has 0 spiro atoms. The van der Waals surface area contributed by atoms with Crippen LogP contribution in [0.2, 0.25) is 5.02 Å². The molecule has 3 heteroatoms. The Morgan fingerprint density at radius 1 is 1.11 bits per heavy atom. The molecule has 0 fully saturated rings. The minimum atomic E-state index is 0.835. The summed E-state index contributed by atoms with van der Waals surface area (Å²) in [5.41, 5.74) is 3.40. The SMILES string of the molecule is COc1ccc2c(Cl)c3c(nc2c1)CCCCCC3. The Morgan fingerprint density at radius 2 is 1.89 bits per heavy atom. The van der Waals surface area contributed by atoms with Crippen molar-refractivity contribution in [2.24, 2.45) is 0 Å². The first-order valence-electron chi connectivity index (χ1n) is 6.94. The number of methoxy groups -OCH3 is 1. The molecule has 0 bridgehead atoms. The molecule has 3 rings (SSSR count). The Morgan fingerprint density at radius 3 is 2.68 bits per heavy atom. The molecule has 2 nitrogen and oxygen atoms in total.